The molecule has 1 aliphatic heterocycles. The lowest BCUT2D eigenvalue weighted by Crippen LogP contribution is -2.44. The van der Waals surface area contributed by atoms with Crippen LogP contribution >= 0.6 is 0 Å². The Kier molecular flexibility index (Phi) is 3.63. The minimum atomic E-state index is -0.141. The maximum absolute atomic E-state index is 5.65. The van der Waals surface area contributed by atoms with E-state index in [9.17, 15) is 0 Å². The Morgan fingerprint density at radius 2 is 2.12 bits per heavy atom. The van der Waals surface area contributed by atoms with Gasteiger partial charge in [-0.05, 0) is 6.92 Å². The lowest BCUT2D eigenvalue weighted by atomic mass is 9.94. The highest BCUT2D eigenvalue weighted by atomic mass is 16.5. The molecule has 0 saturated carbocycles. The number of methoxy groups -OCH3 is 1. The van der Waals surface area contributed by atoms with E-state index in [-0.39, 0.29) is 5.60 Å². The zero-order valence-corrected chi connectivity index (χ0v) is 10.7. The quantitative estimate of drug-likeness (QED) is 0.840. The van der Waals surface area contributed by atoms with E-state index in [4.69, 9.17) is 9.47 Å². The molecule has 0 amide bonds. The average Bonchev–Trinajstić information content (AvgIpc) is 2.69. The maximum atomic E-state index is 5.65. The summed E-state index contributed by atoms with van der Waals surface area (Å²) in [4.78, 5) is 0. The lowest BCUT2D eigenvalue weighted by molar-refractivity contribution is -0.0808. The Hall–Kier alpha value is -1.14. The fourth-order valence-corrected chi connectivity index (χ4v) is 2.00. The van der Waals surface area contributed by atoms with Crippen molar-refractivity contribution in [3.8, 4) is 0 Å². The zero-order valence-electron chi connectivity index (χ0n) is 10.7. The number of aromatic nitrogens is 3. The van der Waals surface area contributed by atoms with Gasteiger partial charge in [0.2, 0.25) is 5.95 Å². The van der Waals surface area contributed by atoms with Crippen LogP contribution in [0.1, 0.15) is 18.7 Å². The highest BCUT2D eigenvalue weighted by Gasteiger charge is 2.32. The third-order valence-electron chi connectivity index (χ3n) is 3.50. The summed E-state index contributed by atoms with van der Waals surface area (Å²) in [5.74, 6) is 1.68. The van der Waals surface area contributed by atoms with Crippen molar-refractivity contribution >= 4 is 5.95 Å². The third kappa shape index (κ3) is 2.58. The van der Waals surface area contributed by atoms with Crippen molar-refractivity contribution in [3.05, 3.63) is 5.82 Å². The van der Waals surface area contributed by atoms with E-state index < -0.39 is 0 Å². The van der Waals surface area contributed by atoms with E-state index >= 15 is 0 Å². The number of nitrogens with zero attached hydrogens (tertiary/aromatic N) is 3. The molecule has 6 nitrogen and oxygen atoms in total. The summed E-state index contributed by atoms with van der Waals surface area (Å²) >= 11 is 0. The first-order valence-corrected chi connectivity index (χ1v) is 5.90. The molecule has 0 aromatic carbocycles. The van der Waals surface area contributed by atoms with Gasteiger partial charge in [-0.1, -0.05) is 0 Å². The summed E-state index contributed by atoms with van der Waals surface area (Å²) < 4.78 is 12.9. The summed E-state index contributed by atoms with van der Waals surface area (Å²) in [6, 6.07) is 0. The van der Waals surface area contributed by atoms with Crippen molar-refractivity contribution in [2.24, 2.45) is 7.05 Å². The molecular formula is C11H20N4O2. The van der Waals surface area contributed by atoms with Crippen LogP contribution < -0.4 is 5.32 Å². The summed E-state index contributed by atoms with van der Waals surface area (Å²) in [7, 11) is 3.70. The number of anilines is 1. The average molecular weight is 240 g/mol. The zero-order chi connectivity index (χ0) is 12.3. The summed E-state index contributed by atoms with van der Waals surface area (Å²) in [5, 5.41) is 11.4. The second-order valence-electron chi connectivity index (χ2n) is 4.48. The van der Waals surface area contributed by atoms with Crippen molar-refractivity contribution in [3.63, 3.8) is 0 Å². The summed E-state index contributed by atoms with van der Waals surface area (Å²) in [5.41, 5.74) is -0.141. The Morgan fingerprint density at radius 3 is 2.65 bits per heavy atom. The lowest BCUT2D eigenvalue weighted by Gasteiger charge is -2.35. The number of hydrogen-bond donors (Lipinski definition) is 1. The molecular weight excluding hydrogens is 220 g/mol. The fourth-order valence-electron chi connectivity index (χ4n) is 2.00. The van der Waals surface area contributed by atoms with Crippen LogP contribution in [-0.4, -0.2) is 47.2 Å². The second kappa shape index (κ2) is 5.01. The first-order valence-electron chi connectivity index (χ1n) is 5.90. The van der Waals surface area contributed by atoms with Gasteiger partial charge in [-0.2, -0.15) is 0 Å². The molecule has 0 bridgehead atoms. The molecule has 6 heteroatoms. The molecule has 1 aromatic rings. The molecule has 0 aliphatic carbocycles. The number of hydrogen-bond acceptors (Lipinski definition) is 5. The highest BCUT2D eigenvalue weighted by Crippen LogP contribution is 2.24. The van der Waals surface area contributed by atoms with E-state index in [2.05, 4.69) is 15.5 Å². The predicted molar refractivity (Wildman–Crippen MR) is 64.0 cm³/mol. The minimum Gasteiger partial charge on any atom is -0.381 e. The Morgan fingerprint density at radius 1 is 1.41 bits per heavy atom. The molecule has 2 rings (SSSR count). The molecule has 1 saturated heterocycles. The molecule has 1 N–H and O–H groups in total. The van der Waals surface area contributed by atoms with Crippen LogP contribution in [0.4, 0.5) is 5.95 Å². The molecule has 2 heterocycles. The SMILES string of the molecule is COC1(CNc2nnc(C)n2C)CCOCC1. The topological polar surface area (TPSA) is 61.2 Å². The number of ether oxygens (including phenoxy) is 2. The van der Waals surface area contributed by atoms with Gasteiger partial charge in [-0.15, -0.1) is 10.2 Å². The Bertz CT molecular complexity index is 372. The van der Waals surface area contributed by atoms with Crippen molar-refractivity contribution in [2.45, 2.75) is 25.4 Å². The highest BCUT2D eigenvalue weighted by molar-refractivity contribution is 5.26. The van der Waals surface area contributed by atoms with Gasteiger partial charge in [0.25, 0.3) is 0 Å². The van der Waals surface area contributed by atoms with E-state index in [1.54, 1.807) is 7.11 Å². The van der Waals surface area contributed by atoms with E-state index in [1.165, 1.54) is 0 Å². The van der Waals surface area contributed by atoms with Crippen LogP contribution in [0.15, 0.2) is 0 Å². The van der Waals surface area contributed by atoms with Crippen LogP contribution in [0.3, 0.4) is 0 Å². The molecule has 0 unspecified atom stereocenters. The van der Waals surface area contributed by atoms with Gasteiger partial charge in [0, 0.05) is 46.8 Å². The van der Waals surface area contributed by atoms with Crippen molar-refractivity contribution in [1.29, 1.82) is 0 Å². The Balaban J connectivity index is 1.98. The standard InChI is InChI=1S/C11H20N4O2/c1-9-13-14-10(15(9)2)12-8-11(16-3)4-6-17-7-5-11/h4-8H2,1-3H3,(H,12,14). The molecule has 0 radical (unpaired) electrons. The monoisotopic (exact) mass is 240 g/mol. The molecule has 1 aliphatic rings. The van der Waals surface area contributed by atoms with Gasteiger partial charge in [-0.3, -0.25) is 0 Å². The number of aryl methyl sites for hydroxylation is 1. The van der Waals surface area contributed by atoms with Crippen LogP contribution in [0.5, 0.6) is 0 Å². The van der Waals surface area contributed by atoms with Gasteiger partial charge in [0.15, 0.2) is 0 Å². The number of nitrogens with one attached hydrogen (secondary N) is 1. The molecule has 1 fully saturated rings. The van der Waals surface area contributed by atoms with Gasteiger partial charge in [-0.25, -0.2) is 0 Å². The fraction of sp³-hybridized carbons (Fsp3) is 0.818. The van der Waals surface area contributed by atoms with Crippen LogP contribution in [-0.2, 0) is 16.5 Å². The van der Waals surface area contributed by atoms with Crippen LogP contribution in [0.25, 0.3) is 0 Å². The van der Waals surface area contributed by atoms with Crippen LogP contribution in [0.2, 0.25) is 0 Å². The van der Waals surface area contributed by atoms with Gasteiger partial charge >= 0.3 is 0 Å². The molecule has 0 spiro atoms. The van der Waals surface area contributed by atoms with Crippen molar-refractivity contribution < 1.29 is 9.47 Å². The van der Waals surface area contributed by atoms with Gasteiger partial charge in [0.05, 0.1) is 5.60 Å². The molecule has 96 valence electrons. The van der Waals surface area contributed by atoms with E-state index in [0.717, 1.165) is 44.4 Å². The van der Waals surface area contributed by atoms with Gasteiger partial charge in [0.1, 0.15) is 5.82 Å². The van der Waals surface area contributed by atoms with E-state index in [1.807, 2.05) is 18.5 Å². The smallest absolute Gasteiger partial charge is 0.224 e. The second-order valence-corrected chi connectivity index (χ2v) is 4.48. The third-order valence-corrected chi connectivity index (χ3v) is 3.50. The van der Waals surface area contributed by atoms with Crippen molar-refractivity contribution in [2.75, 3.05) is 32.2 Å². The largest absolute Gasteiger partial charge is 0.381 e. The molecule has 17 heavy (non-hydrogen) atoms. The minimum absolute atomic E-state index is 0.141. The van der Waals surface area contributed by atoms with Crippen molar-refractivity contribution in [1.82, 2.24) is 14.8 Å². The molecule has 1 aromatic heterocycles. The number of rotatable bonds is 4. The molecule has 0 atom stereocenters. The van der Waals surface area contributed by atoms with E-state index in [0.29, 0.717) is 0 Å². The van der Waals surface area contributed by atoms with Crippen LogP contribution in [0, 0.1) is 6.92 Å². The normalized spacial score (nSPS) is 19.2. The van der Waals surface area contributed by atoms with Gasteiger partial charge < -0.3 is 19.4 Å². The predicted octanol–water partition coefficient (Wildman–Crippen LogP) is 0.731. The first-order chi connectivity index (χ1) is 8.17. The summed E-state index contributed by atoms with van der Waals surface area (Å²) in [6.07, 6.45) is 1.82. The Labute approximate surface area is 101 Å². The first kappa shape index (κ1) is 12.3. The maximum Gasteiger partial charge on any atom is 0.224 e. The summed E-state index contributed by atoms with van der Waals surface area (Å²) in [6.45, 7) is 4.18.